The van der Waals surface area contributed by atoms with E-state index in [-0.39, 0.29) is 24.8 Å². The van der Waals surface area contributed by atoms with E-state index in [1.807, 2.05) is 60.7 Å². The summed E-state index contributed by atoms with van der Waals surface area (Å²) in [6.45, 7) is 2.45. The fourth-order valence-corrected chi connectivity index (χ4v) is 3.98. The van der Waals surface area contributed by atoms with Crippen molar-refractivity contribution < 1.29 is 14.6 Å². The van der Waals surface area contributed by atoms with Crippen LogP contribution in [0.15, 0.2) is 76.5 Å². The number of aromatic nitrogens is 1. The summed E-state index contributed by atoms with van der Waals surface area (Å²) in [6, 6.07) is 20.7. The lowest BCUT2D eigenvalue weighted by Gasteiger charge is -2.14. The van der Waals surface area contributed by atoms with Crippen LogP contribution in [0.3, 0.4) is 0 Å². The van der Waals surface area contributed by atoms with E-state index in [1.54, 1.807) is 12.3 Å². The zero-order chi connectivity index (χ0) is 22.1. The number of pyridine rings is 1. The van der Waals surface area contributed by atoms with Gasteiger partial charge in [-0.3, -0.25) is 14.4 Å². The average Bonchev–Trinajstić information content (AvgIpc) is 3.30. The van der Waals surface area contributed by atoms with E-state index in [2.05, 4.69) is 11.9 Å². The van der Waals surface area contributed by atoms with E-state index < -0.39 is 0 Å². The van der Waals surface area contributed by atoms with Crippen LogP contribution in [0.25, 0.3) is 10.8 Å². The fourth-order valence-electron chi connectivity index (χ4n) is 3.98. The number of aryl methyl sites for hydroxylation is 1. The standard InChI is InChI=1S/C26H22N2O4/c1-2-18-7-3-6-10-22(18)27-14-21-19-8-4-5-9-20(19)25(29)28(26(21)30)15-17-11-12-23-24(13-17)32-16-31-23/h3-14,30H,2,15-16H2,1H3. The maximum Gasteiger partial charge on any atom is 0.261 e. The molecule has 0 spiro atoms. The second-order valence-corrected chi connectivity index (χ2v) is 7.60. The van der Waals surface area contributed by atoms with Crippen LogP contribution in [0.1, 0.15) is 23.6 Å². The number of hydrogen-bond donors (Lipinski definition) is 1. The van der Waals surface area contributed by atoms with Gasteiger partial charge in [0.05, 0.1) is 17.8 Å². The Morgan fingerprint density at radius 3 is 2.59 bits per heavy atom. The summed E-state index contributed by atoms with van der Waals surface area (Å²) in [4.78, 5) is 17.9. The summed E-state index contributed by atoms with van der Waals surface area (Å²) in [6.07, 6.45) is 2.49. The first-order chi connectivity index (χ1) is 15.7. The van der Waals surface area contributed by atoms with Gasteiger partial charge in [-0.2, -0.15) is 0 Å². The lowest BCUT2D eigenvalue weighted by atomic mass is 10.1. The lowest BCUT2D eigenvalue weighted by Crippen LogP contribution is -2.22. The molecule has 160 valence electrons. The predicted octanol–water partition coefficient (Wildman–Crippen LogP) is 4.80. The Morgan fingerprint density at radius 1 is 1.00 bits per heavy atom. The van der Waals surface area contributed by atoms with E-state index in [0.717, 1.165) is 23.2 Å². The van der Waals surface area contributed by atoms with Gasteiger partial charge in [-0.1, -0.05) is 49.4 Å². The zero-order valence-corrected chi connectivity index (χ0v) is 17.6. The molecule has 0 amide bonds. The van der Waals surface area contributed by atoms with Crippen molar-refractivity contribution in [1.82, 2.24) is 4.57 Å². The molecule has 1 aromatic heterocycles. The molecule has 0 aliphatic carbocycles. The number of aliphatic imine (C=N–C) groups is 1. The molecule has 6 nitrogen and oxygen atoms in total. The number of fused-ring (bicyclic) bond motifs is 2. The third-order valence-electron chi connectivity index (χ3n) is 5.67. The van der Waals surface area contributed by atoms with E-state index in [4.69, 9.17) is 9.47 Å². The van der Waals surface area contributed by atoms with Gasteiger partial charge >= 0.3 is 0 Å². The monoisotopic (exact) mass is 426 g/mol. The minimum absolute atomic E-state index is 0.121. The third kappa shape index (κ3) is 3.50. The van der Waals surface area contributed by atoms with E-state index >= 15 is 0 Å². The van der Waals surface area contributed by atoms with Crippen LogP contribution in [-0.2, 0) is 13.0 Å². The summed E-state index contributed by atoms with van der Waals surface area (Å²) in [5.74, 6) is 1.18. The molecule has 0 radical (unpaired) electrons. The molecule has 6 heteroatoms. The number of aromatic hydroxyl groups is 1. The second-order valence-electron chi connectivity index (χ2n) is 7.60. The number of nitrogens with zero attached hydrogens (tertiary/aromatic N) is 2. The number of hydrogen-bond acceptors (Lipinski definition) is 5. The molecule has 0 bridgehead atoms. The van der Waals surface area contributed by atoms with Gasteiger partial charge in [0.2, 0.25) is 12.7 Å². The largest absolute Gasteiger partial charge is 0.494 e. The van der Waals surface area contributed by atoms with Crippen LogP contribution < -0.4 is 15.0 Å². The van der Waals surface area contributed by atoms with Gasteiger partial charge in [-0.05, 0) is 41.8 Å². The molecule has 32 heavy (non-hydrogen) atoms. The fraction of sp³-hybridized carbons (Fsp3) is 0.154. The SMILES string of the molecule is CCc1ccccc1N=Cc1c(O)n(Cc2ccc3c(c2)OCO3)c(=O)c2ccccc12. The molecule has 0 unspecified atom stereocenters. The first kappa shape index (κ1) is 19.9. The molecule has 2 heterocycles. The Balaban J connectivity index is 1.63. The average molecular weight is 426 g/mol. The van der Waals surface area contributed by atoms with Crippen molar-refractivity contribution in [2.45, 2.75) is 19.9 Å². The van der Waals surface area contributed by atoms with Crippen molar-refractivity contribution in [3.63, 3.8) is 0 Å². The molecule has 1 aliphatic heterocycles. The number of rotatable bonds is 5. The highest BCUT2D eigenvalue weighted by Crippen LogP contribution is 2.33. The molecule has 4 aromatic rings. The summed E-state index contributed by atoms with van der Waals surface area (Å²) < 4.78 is 12.2. The van der Waals surface area contributed by atoms with Crippen molar-refractivity contribution >= 4 is 22.7 Å². The normalized spacial score (nSPS) is 12.7. The number of benzene rings is 3. The van der Waals surface area contributed by atoms with Crippen LogP contribution in [0.5, 0.6) is 17.4 Å². The van der Waals surface area contributed by atoms with Crippen LogP contribution in [0, 0.1) is 0 Å². The molecule has 0 saturated carbocycles. The van der Waals surface area contributed by atoms with Crippen molar-refractivity contribution in [2.75, 3.05) is 6.79 Å². The highest BCUT2D eigenvalue weighted by atomic mass is 16.7. The van der Waals surface area contributed by atoms with Crippen molar-refractivity contribution in [1.29, 1.82) is 0 Å². The van der Waals surface area contributed by atoms with Gasteiger partial charge in [0, 0.05) is 17.0 Å². The molecule has 1 N–H and O–H groups in total. The van der Waals surface area contributed by atoms with Gasteiger partial charge < -0.3 is 14.6 Å². The Bertz CT molecular complexity index is 1410. The van der Waals surface area contributed by atoms with Gasteiger partial charge in [0.1, 0.15) is 0 Å². The van der Waals surface area contributed by atoms with Crippen molar-refractivity contribution in [2.24, 2.45) is 4.99 Å². The quantitative estimate of drug-likeness (QED) is 0.466. The molecule has 0 saturated heterocycles. The third-order valence-corrected chi connectivity index (χ3v) is 5.67. The topological polar surface area (TPSA) is 73.1 Å². The molecule has 0 fully saturated rings. The van der Waals surface area contributed by atoms with Crippen LogP contribution in [0.2, 0.25) is 0 Å². The van der Waals surface area contributed by atoms with Crippen LogP contribution >= 0.6 is 0 Å². The molecule has 5 rings (SSSR count). The molecule has 0 atom stereocenters. The summed E-state index contributed by atoms with van der Waals surface area (Å²) in [5.41, 5.74) is 3.02. The highest BCUT2D eigenvalue weighted by molar-refractivity contribution is 6.02. The van der Waals surface area contributed by atoms with E-state index in [0.29, 0.717) is 27.8 Å². The molecule has 3 aromatic carbocycles. The molecule has 1 aliphatic rings. The van der Waals surface area contributed by atoms with Gasteiger partial charge in [-0.15, -0.1) is 0 Å². The van der Waals surface area contributed by atoms with Crippen molar-refractivity contribution in [3.05, 3.63) is 93.8 Å². The summed E-state index contributed by atoms with van der Waals surface area (Å²) in [5, 5.41) is 12.3. The Morgan fingerprint density at radius 2 is 1.75 bits per heavy atom. The van der Waals surface area contributed by atoms with Gasteiger partial charge in [0.15, 0.2) is 11.5 Å². The van der Waals surface area contributed by atoms with Gasteiger partial charge in [0.25, 0.3) is 5.56 Å². The Kier molecular flexibility index (Phi) is 5.11. The number of ether oxygens (including phenoxy) is 2. The Labute approximate surface area is 185 Å². The summed E-state index contributed by atoms with van der Waals surface area (Å²) >= 11 is 0. The molecular weight excluding hydrogens is 404 g/mol. The van der Waals surface area contributed by atoms with E-state index in [9.17, 15) is 9.90 Å². The maximum atomic E-state index is 13.2. The zero-order valence-electron chi connectivity index (χ0n) is 17.6. The van der Waals surface area contributed by atoms with Gasteiger partial charge in [-0.25, -0.2) is 0 Å². The smallest absolute Gasteiger partial charge is 0.261 e. The number of para-hydroxylation sites is 1. The van der Waals surface area contributed by atoms with Crippen molar-refractivity contribution in [3.8, 4) is 17.4 Å². The molecular formula is C26H22N2O4. The minimum atomic E-state index is -0.262. The van der Waals surface area contributed by atoms with Crippen LogP contribution in [-0.4, -0.2) is 22.7 Å². The van der Waals surface area contributed by atoms with Crippen LogP contribution in [0.4, 0.5) is 5.69 Å². The summed E-state index contributed by atoms with van der Waals surface area (Å²) in [7, 11) is 0. The highest BCUT2D eigenvalue weighted by Gasteiger charge is 2.18. The van der Waals surface area contributed by atoms with E-state index in [1.165, 1.54) is 4.57 Å². The maximum absolute atomic E-state index is 13.2. The first-order valence-corrected chi connectivity index (χ1v) is 10.5. The predicted molar refractivity (Wildman–Crippen MR) is 125 cm³/mol. The minimum Gasteiger partial charge on any atom is -0.494 e. The Hall–Kier alpha value is -4.06. The lowest BCUT2D eigenvalue weighted by molar-refractivity contribution is 0.174. The second kappa shape index (κ2) is 8.23. The first-order valence-electron chi connectivity index (χ1n) is 10.5.